The fourth-order valence-corrected chi connectivity index (χ4v) is 6.19. The van der Waals surface area contributed by atoms with Crippen molar-refractivity contribution in [1.82, 2.24) is 0 Å². The molecule has 0 fully saturated rings. The molecule has 0 aliphatic rings. The molecule has 0 aliphatic heterocycles. The van der Waals surface area contributed by atoms with Crippen LogP contribution in [0.25, 0.3) is 21.9 Å². The Kier molecular flexibility index (Phi) is 7.84. The topological polar surface area (TPSA) is 69.7 Å². The van der Waals surface area contributed by atoms with Gasteiger partial charge < -0.3 is 9.29 Å². The molecule has 0 spiro atoms. The molecule has 4 aromatic rings. The number of carbonyl (C=O) groups excluding carboxylic acids is 1. The standard InChI is InChI=1S/C31H32BrNO4S/c1-18-15-19(2)21(4)28(20(18)3)33(38(35)36)29-25-14-9-8-13-24(25)26(17-27(29)32)22-11-10-12-23(16-22)30(34)37-31(5,6)7/h8-17H,1-7H3,(H,35,36)/p-1. The van der Waals surface area contributed by atoms with Crippen molar-refractivity contribution in [2.24, 2.45) is 0 Å². The second-order valence-corrected chi connectivity index (χ2v) is 12.2. The van der Waals surface area contributed by atoms with E-state index in [1.54, 1.807) is 6.07 Å². The van der Waals surface area contributed by atoms with E-state index >= 15 is 0 Å². The van der Waals surface area contributed by atoms with Gasteiger partial charge in [-0.15, -0.1) is 0 Å². The highest BCUT2D eigenvalue weighted by Gasteiger charge is 2.24. The van der Waals surface area contributed by atoms with Crippen LogP contribution in [-0.4, -0.2) is 20.3 Å². The van der Waals surface area contributed by atoms with Crippen LogP contribution in [0.1, 0.15) is 53.4 Å². The smallest absolute Gasteiger partial charge is 0.338 e. The maximum absolute atomic E-state index is 12.9. The van der Waals surface area contributed by atoms with Crippen molar-refractivity contribution in [3.63, 3.8) is 0 Å². The summed E-state index contributed by atoms with van der Waals surface area (Å²) < 4.78 is 33.3. The molecule has 7 heteroatoms. The number of fused-ring (bicyclic) bond motifs is 1. The molecule has 0 bridgehead atoms. The summed E-state index contributed by atoms with van der Waals surface area (Å²) in [6.45, 7) is 13.4. The summed E-state index contributed by atoms with van der Waals surface area (Å²) in [5.74, 6) is -0.395. The Morgan fingerprint density at radius 1 is 0.868 bits per heavy atom. The Labute approximate surface area is 235 Å². The SMILES string of the molecule is Cc1cc(C)c(C)c(N(c2c(Br)cc(-c3cccc(C(=O)OC(C)(C)C)c3)c3ccccc23)S(=O)[O-])c1C. The van der Waals surface area contributed by atoms with Gasteiger partial charge in [-0.1, -0.05) is 42.5 Å². The minimum atomic E-state index is -2.59. The molecule has 0 amide bonds. The van der Waals surface area contributed by atoms with Crippen molar-refractivity contribution >= 4 is 55.3 Å². The lowest BCUT2D eigenvalue weighted by Crippen LogP contribution is -2.23. The predicted octanol–water partition coefficient (Wildman–Crippen LogP) is 8.39. The molecule has 38 heavy (non-hydrogen) atoms. The fraction of sp³-hybridized carbons (Fsp3) is 0.258. The molecule has 0 N–H and O–H groups in total. The molecule has 0 aromatic heterocycles. The molecule has 0 aliphatic carbocycles. The number of anilines is 2. The van der Waals surface area contributed by atoms with Gasteiger partial charge in [0.15, 0.2) is 0 Å². The Balaban J connectivity index is 1.97. The molecular formula is C31H31BrNO4S-. The van der Waals surface area contributed by atoms with Gasteiger partial charge in [-0.3, -0.25) is 8.51 Å². The van der Waals surface area contributed by atoms with E-state index in [0.717, 1.165) is 44.2 Å². The maximum Gasteiger partial charge on any atom is 0.338 e. The van der Waals surface area contributed by atoms with Crippen LogP contribution in [0, 0.1) is 27.7 Å². The molecule has 0 saturated carbocycles. The van der Waals surface area contributed by atoms with Gasteiger partial charge in [0.2, 0.25) is 0 Å². The van der Waals surface area contributed by atoms with E-state index in [9.17, 15) is 13.6 Å². The third-order valence-electron chi connectivity index (χ3n) is 6.66. The number of nitrogens with zero attached hydrogens (tertiary/aromatic N) is 1. The van der Waals surface area contributed by atoms with Gasteiger partial charge in [-0.25, -0.2) is 4.79 Å². The number of esters is 1. The first-order valence-corrected chi connectivity index (χ1v) is 14.1. The highest BCUT2D eigenvalue weighted by atomic mass is 79.9. The normalized spacial score (nSPS) is 12.4. The monoisotopic (exact) mass is 592 g/mol. The number of hydrogen-bond acceptors (Lipinski definition) is 4. The summed E-state index contributed by atoms with van der Waals surface area (Å²) in [5, 5.41) is 1.63. The molecular weight excluding hydrogens is 562 g/mol. The Morgan fingerprint density at radius 3 is 2.05 bits per heavy atom. The molecule has 1 atom stereocenters. The number of carbonyl (C=O) groups is 1. The van der Waals surface area contributed by atoms with E-state index in [1.807, 2.05) is 97.0 Å². The second-order valence-electron chi connectivity index (χ2n) is 10.5. The van der Waals surface area contributed by atoms with Gasteiger partial charge in [0.05, 0.1) is 28.2 Å². The number of ether oxygens (including phenoxy) is 1. The average Bonchev–Trinajstić information content (AvgIpc) is 2.84. The highest BCUT2D eigenvalue weighted by molar-refractivity contribution is 9.10. The summed E-state index contributed by atoms with van der Waals surface area (Å²) >= 11 is 1.11. The Bertz CT molecular complexity index is 1560. The summed E-state index contributed by atoms with van der Waals surface area (Å²) in [6, 6.07) is 19.0. The molecule has 4 rings (SSSR count). The summed E-state index contributed by atoms with van der Waals surface area (Å²) in [6.07, 6.45) is 0. The van der Waals surface area contributed by atoms with Gasteiger partial charge in [-0.2, -0.15) is 0 Å². The first-order chi connectivity index (χ1) is 17.8. The van der Waals surface area contributed by atoms with Crippen molar-refractivity contribution in [2.45, 2.75) is 54.1 Å². The van der Waals surface area contributed by atoms with Crippen molar-refractivity contribution < 1.29 is 18.3 Å². The Hall–Kier alpha value is -3.00. The molecule has 0 saturated heterocycles. The van der Waals surface area contributed by atoms with Crippen LogP contribution in [0.5, 0.6) is 0 Å². The molecule has 1 unspecified atom stereocenters. The minimum absolute atomic E-state index is 0.395. The van der Waals surface area contributed by atoms with Crippen LogP contribution in [0.2, 0.25) is 0 Å². The van der Waals surface area contributed by atoms with Crippen LogP contribution < -0.4 is 4.31 Å². The van der Waals surface area contributed by atoms with Gasteiger partial charge >= 0.3 is 5.97 Å². The predicted molar refractivity (Wildman–Crippen MR) is 159 cm³/mol. The third kappa shape index (κ3) is 5.41. The number of benzene rings is 4. The van der Waals surface area contributed by atoms with Gasteiger partial charge in [0.25, 0.3) is 0 Å². The molecule has 4 aromatic carbocycles. The van der Waals surface area contributed by atoms with Gasteiger partial charge in [-0.05, 0) is 121 Å². The zero-order chi connectivity index (χ0) is 27.9. The van der Waals surface area contributed by atoms with Crippen LogP contribution >= 0.6 is 15.9 Å². The van der Waals surface area contributed by atoms with Crippen molar-refractivity contribution in [2.75, 3.05) is 4.31 Å². The van der Waals surface area contributed by atoms with Crippen molar-refractivity contribution in [3.8, 4) is 11.1 Å². The largest absolute Gasteiger partial charge is 0.755 e. The van der Waals surface area contributed by atoms with Crippen LogP contribution in [0.15, 0.2) is 65.1 Å². The zero-order valence-electron chi connectivity index (χ0n) is 22.6. The molecule has 0 radical (unpaired) electrons. The Morgan fingerprint density at radius 2 is 1.47 bits per heavy atom. The fourth-order valence-electron chi connectivity index (χ4n) is 4.68. The van der Waals surface area contributed by atoms with Crippen LogP contribution in [-0.2, 0) is 16.0 Å². The maximum atomic E-state index is 12.9. The number of hydrogen-bond donors (Lipinski definition) is 0. The van der Waals surface area contributed by atoms with Gasteiger partial charge in [0, 0.05) is 9.86 Å². The molecule has 0 heterocycles. The van der Waals surface area contributed by atoms with Crippen LogP contribution in [0.3, 0.4) is 0 Å². The summed E-state index contributed by atoms with van der Waals surface area (Å²) in [5.41, 5.74) is 6.59. The lowest BCUT2D eigenvalue weighted by Gasteiger charge is -2.33. The van der Waals surface area contributed by atoms with E-state index in [-0.39, 0.29) is 0 Å². The number of aryl methyl sites for hydroxylation is 2. The van der Waals surface area contributed by atoms with E-state index in [0.29, 0.717) is 21.4 Å². The highest BCUT2D eigenvalue weighted by Crippen LogP contribution is 2.46. The number of halogens is 1. The van der Waals surface area contributed by atoms with E-state index in [4.69, 9.17) is 4.74 Å². The van der Waals surface area contributed by atoms with Crippen molar-refractivity contribution in [1.29, 1.82) is 0 Å². The summed E-state index contributed by atoms with van der Waals surface area (Å²) in [4.78, 5) is 12.8. The third-order valence-corrected chi connectivity index (χ3v) is 7.93. The van der Waals surface area contributed by atoms with E-state index in [2.05, 4.69) is 22.0 Å². The minimum Gasteiger partial charge on any atom is -0.755 e. The van der Waals surface area contributed by atoms with E-state index in [1.165, 1.54) is 4.31 Å². The van der Waals surface area contributed by atoms with Crippen molar-refractivity contribution in [3.05, 3.63) is 93.0 Å². The van der Waals surface area contributed by atoms with Crippen LogP contribution in [0.4, 0.5) is 11.4 Å². The first kappa shape index (κ1) is 28.0. The lowest BCUT2D eigenvalue weighted by atomic mass is 9.95. The second kappa shape index (κ2) is 10.6. The van der Waals surface area contributed by atoms with E-state index < -0.39 is 22.8 Å². The zero-order valence-corrected chi connectivity index (χ0v) is 25.0. The number of rotatable bonds is 5. The van der Waals surface area contributed by atoms with Gasteiger partial charge in [0.1, 0.15) is 5.60 Å². The average molecular weight is 594 g/mol. The molecule has 198 valence electrons. The lowest BCUT2D eigenvalue weighted by molar-refractivity contribution is 0.00695. The quantitative estimate of drug-likeness (QED) is 0.172. The molecule has 5 nitrogen and oxygen atoms in total. The first-order valence-electron chi connectivity index (χ1n) is 12.3. The summed E-state index contributed by atoms with van der Waals surface area (Å²) in [7, 11) is 0.